The summed E-state index contributed by atoms with van der Waals surface area (Å²) in [5.74, 6) is -1.55. The summed E-state index contributed by atoms with van der Waals surface area (Å²) < 4.78 is 43.3. The standard InChI is InChI=1S/C15H22F3N3O2/c1-14(2,3)11-7-13(23-20-11)19-12(22)9-21-6-4-5-10(8-21)15(16,17)18/h7,10H,4-6,8-9H2,1-3H3,(H,19,22)/t10-/m1/s1. The largest absolute Gasteiger partial charge is 0.393 e. The van der Waals surface area contributed by atoms with Gasteiger partial charge in [-0.3, -0.25) is 15.0 Å². The number of amides is 1. The first kappa shape index (κ1) is 17.8. The van der Waals surface area contributed by atoms with E-state index in [0.717, 1.165) is 0 Å². The number of hydrogen-bond donors (Lipinski definition) is 1. The summed E-state index contributed by atoms with van der Waals surface area (Å²) in [5, 5.41) is 6.42. The van der Waals surface area contributed by atoms with Gasteiger partial charge in [0.2, 0.25) is 11.8 Å². The molecule has 0 radical (unpaired) electrons. The van der Waals surface area contributed by atoms with Crippen molar-refractivity contribution in [2.45, 2.75) is 45.2 Å². The second kappa shape index (κ2) is 6.51. The predicted octanol–water partition coefficient (Wildman–Crippen LogP) is 3.18. The summed E-state index contributed by atoms with van der Waals surface area (Å²) in [6.45, 7) is 6.15. The van der Waals surface area contributed by atoms with Crippen molar-refractivity contribution in [2.75, 3.05) is 25.0 Å². The van der Waals surface area contributed by atoms with Gasteiger partial charge in [-0.2, -0.15) is 13.2 Å². The molecule has 5 nitrogen and oxygen atoms in total. The van der Waals surface area contributed by atoms with E-state index in [1.54, 1.807) is 6.07 Å². The van der Waals surface area contributed by atoms with Crippen LogP contribution in [0.1, 0.15) is 39.3 Å². The van der Waals surface area contributed by atoms with Crippen molar-refractivity contribution in [2.24, 2.45) is 5.92 Å². The molecule has 0 unspecified atom stereocenters. The van der Waals surface area contributed by atoms with Crippen molar-refractivity contribution in [3.8, 4) is 0 Å². The number of rotatable bonds is 3. The Bertz CT molecular complexity index is 549. The van der Waals surface area contributed by atoms with Crippen LogP contribution in [0.3, 0.4) is 0 Å². The predicted molar refractivity (Wildman–Crippen MR) is 79.1 cm³/mol. The number of carbonyl (C=O) groups excluding carboxylic acids is 1. The van der Waals surface area contributed by atoms with Crippen molar-refractivity contribution >= 4 is 11.8 Å². The van der Waals surface area contributed by atoms with Crippen LogP contribution in [0.25, 0.3) is 0 Å². The number of carbonyl (C=O) groups is 1. The fraction of sp³-hybridized carbons (Fsp3) is 0.733. The van der Waals surface area contributed by atoms with Crippen LogP contribution in [0.5, 0.6) is 0 Å². The van der Waals surface area contributed by atoms with Crippen LogP contribution in [0.2, 0.25) is 0 Å². The zero-order valence-corrected chi connectivity index (χ0v) is 13.5. The Labute approximate surface area is 133 Å². The fourth-order valence-electron chi connectivity index (χ4n) is 2.53. The first-order chi connectivity index (χ1) is 10.6. The number of aromatic nitrogens is 1. The van der Waals surface area contributed by atoms with Crippen molar-refractivity contribution in [3.05, 3.63) is 11.8 Å². The third-order valence-electron chi connectivity index (χ3n) is 3.88. The summed E-state index contributed by atoms with van der Waals surface area (Å²) in [6.07, 6.45) is -3.64. The minimum absolute atomic E-state index is 0.0852. The molecule has 1 aromatic rings. The second-order valence-corrected chi connectivity index (χ2v) is 6.99. The fourth-order valence-corrected chi connectivity index (χ4v) is 2.53. The molecule has 2 rings (SSSR count). The minimum atomic E-state index is -4.21. The van der Waals surface area contributed by atoms with Gasteiger partial charge in [0.15, 0.2) is 0 Å². The minimum Gasteiger partial charge on any atom is -0.338 e. The Kier molecular flexibility index (Phi) is 5.03. The molecule has 2 heterocycles. The normalized spacial score (nSPS) is 20.5. The molecule has 0 bridgehead atoms. The van der Waals surface area contributed by atoms with E-state index in [2.05, 4.69) is 10.5 Å². The number of alkyl halides is 3. The van der Waals surface area contributed by atoms with Crippen molar-refractivity contribution in [1.29, 1.82) is 0 Å². The molecule has 8 heteroatoms. The van der Waals surface area contributed by atoms with E-state index >= 15 is 0 Å². The van der Waals surface area contributed by atoms with Gasteiger partial charge < -0.3 is 4.52 Å². The number of anilines is 1. The van der Waals surface area contributed by atoms with Gasteiger partial charge in [0.1, 0.15) is 0 Å². The van der Waals surface area contributed by atoms with Gasteiger partial charge in [-0.05, 0) is 19.4 Å². The Balaban J connectivity index is 1.88. The van der Waals surface area contributed by atoms with E-state index in [9.17, 15) is 18.0 Å². The van der Waals surface area contributed by atoms with E-state index in [-0.39, 0.29) is 30.8 Å². The molecule has 1 N–H and O–H groups in total. The zero-order valence-electron chi connectivity index (χ0n) is 13.5. The van der Waals surface area contributed by atoms with Gasteiger partial charge in [-0.15, -0.1) is 0 Å². The lowest BCUT2D eigenvalue weighted by Crippen LogP contribution is -2.44. The summed E-state index contributed by atoms with van der Waals surface area (Å²) in [5.41, 5.74) is 0.488. The third kappa shape index (κ3) is 4.95. The van der Waals surface area contributed by atoms with Crippen LogP contribution < -0.4 is 5.32 Å². The van der Waals surface area contributed by atoms with Crippen molar-refractivity contribution in [3.63, 3.8) is 0 Å². The first-order valence-electron chi connectivity index (χ1n) is 7.62. The van der Waals surface area contributed by atoms with Gasteiger partial charge in [-0.1, -0.05) is 25.9 Å². The molecule has 1 aliphatic heterocycles. The molecule has 1 amide bonds. The topological polar surface area (TPSA) is 58.4 Å². The number of nitrogens with zero attached hydrogens (tertiary/aromatic N) is 2. The highest BCUT2D eigenvalue weighted by Gasteiger charge is 2.41. The molecule has 0 aliphatic carbocycles. The molecular weight excluding hydrogens is 311 g/mol. The molecule has 0 spiro atoms. The number of piperidine rings is 1. The second-order valence-electron chi connectivity index (χ2n) is 6.99. The van der Waals surface area contributed by atoms with Crippen LogP contribution >= 0.6 is 0 Å². The lowest BCUT2D eigenvalue weighted by molar-refractivity contribution is -0.186. The molecule has 0 aromatic carbocycles. The molecule has 0 saturated carbocycles. The molecule has 1 atom stereocenters. The van der Waals surface area contributed by atoms with Gasteiger partial charge in [-0.25, -0.2) is 0 Å². The smallest absolute Gasteiger partial charge is 0.338 e. The molecular formula is C15H22F3N3O2. The molecule has 1 fully saturated rings. The average Bonchev–Trinajstić information content (AvgIpc) is 2.86. The summed E-state index contributed by atoms with van der Waals surface area (Å²) in [7, 11) is 0. The van der Waals surface area contributed by atoms with Gasteiger partial charge in [0, 0.05) is 18.0 Å². The summed E-state index contributed by atoms with van der Waals surface area (Å²) in [6, 6.07) is 1.63. The maximum atomic E-state index is 12.8. The van der Waals surface area contributed by atoms with Gasteiger partial charge >= 0.3 is 6.18 Å². The van der Waals surface area contributed by atoms with Gasteiger partial charge in [0.25, 0.3) is 0 Å². The number of halogens is 3. The van der Waals surface area contributed by atoms with E-state index in [4.69, 9.17) is 4.52 Å². The van der Waals surface area contributed by atoms with Crippen molar-refractivity contribution < 1.29 is 22.5 Å². The van der Waals surface area contributed by atoms with Crippen molar-refractivity contribution in [1.82, 2.24) is 10.1 Å². The average molecular weight is 333 g/mol. The monoisotopic (exact) mass is 333 g/mol. The SMILES string of the molecule is CC(C)(C)c1cc(NC(=O)CN2CCC[C@@H](C(F)(F)F)C2)on1. The molecule has 23 heavy (non-hydrogen) atoms. The Morgan fingerprint density at radius 3 is 2.70 bits per heavy atom. The highest BCUT2D eigenvalue weighted by atomic mass is 19.4. The highest BCUT2D eigenvalue weighted by molar-refractivity contribution is 5.91. The molecule has 1 aromatic heterocycles. The lowest BCUT2D eigenvalue weighted by Gasteiger charge is -2.33. The summed E-state index contributed by atoms with van der Waals surface area (Å²) >= 11 is 0. The zero-order chi connectivity index (χ0) is 17.3. The maximum absolute atomic E-state index is 12.8. The number of nitrogens with one attached hydrogen (secondary N) is 1. The van der Waals surface area contributed by atoms with Crippen LogP contribution in [-0.2, 0) is 10.2 Å². The van der Waals surface area contributed by atoms with E-state index in [1.807, 2.05) is 20.8 Å². The van der Waals surface area contributed by atoms with Gasteiger partial charge in [0.05, 0.1) is 18.2 Å². The first-order valence-corrected chi connectivity index (χ1v) is 7.62. The summed E-state index contributed by atoms with van der Waals surface area (Å²) in [4.78, 5) is 13.5. The quantitative estimate of drug-likeness (QED) is 0.923. The van der Waals surface area contributed by atoms with Crippen LogP contribution in [0, 0.1) is 5.92 Å². The van der Waals surface area contributed by atoms with Crippen LogP contribution in [-0.4, -0.2) is 41.8 Å². The van der Waals surface area contributed by atoms with E-state index in [1.165, 1.54) is 4.90 Å². The molecule has 1 saturated heterocycles. The van der Waals surface area contributed by atoms with Crippen LogP contribution in [0.15, 0.2) is 10.6 Å². The highest BCUT2D eigenvalue weighted by Crippen LogP contribution is 2.33. The molecule has 130 valence electrons. The van der Waals surface area contributed by atoms with E-state index in [0.29, 0.717) is 18.7 Å². The number of likely N-dealkylation sites (tertiary alicyclic amines) is 1. The Morgan fingerprint density at radius 2 is 2.13 bits per heavy atom. The molecule has 1 aliphatic rings. The Hall–Kier alpha value is -1.57. The lowest BCUT2D eigenvalue weighted by atomic mass is 9.92. The van der Waals surface area contributed by atoms with Crippen LogP contribution in [0.4, 0.5) is 19.1 Å². The number of hydrogen-bond acceptors (Lipinski definition) is 4. The van der Waals surface area contributed by atoms with E-state index < -0.39 is 18.0 Å². The maximum Gasteiger partial charge on any atom is 0.393 e. The Morgan fingerprint density at radius 1 is 1.43 bits per heavy atom. The third-order valence-corrected chi connectivity index (χ3v) is 3.88.